The number of rotatable bonds is 2. The van der Waals surface area contributed by atoms with E-state index in [9.17, 15) is 14.4 Å². The van der Waals surface area contributed by atoms with Gasteiger partial charge in [0.1, 0.15) is 12.2 Å². The molecule has 0 unspecified atom stereocenters. The highest BCUT2D eigenvalue weighted by Gasteiger charge is 2.33. The maximum atomic E-state index is 11.8. The van der Waals surface area contributed by atoms with E-state index in [4.69, 9.17) is 4.74 Å². The summed E-state index contributed by atoms with van der Waals surface area (Å²) in [4.78, 5) is 35.4. The Morgan fingerprint density at radius 2 is 2.06 bits per heavy atom. The van der Waals surface area contributed by atoms with E-state index in [1.54, 1.807) is 18.2 Å². The summed E-state index contributed by atoms with van der Waals surface area (Å²) in [5.74, 6) is -0.814. The van der Waals surface area contributed by atoms with Crippen molar-refractivity contribution in [2.24, 2.45) is 0 Å². The van der Waals surface area contributed by atoms with Gasteiger partial charge in [0.25, 0.3) is 0 Å². The lowest BCUT2D eigenvalue weighted by Gasteiger charge is -2.26. The molecule has 0 bridgehead atoms. The number of urea groups is 1. The lowest BCUT2D eigenvalue weighted by Crippen LogP contribution is -2.53. The molecule has 1 heterocycles. The van der Waals surface area contributed by atoms with Crippen molar-refractivity contribution >= 4 is 39.5 Å². The number of benzene rings is 1. The minimum atomic E-state index is -0.771. The zero-order valence-corrected chi connectivity index (χ0v) is 11.0. The zero-order chi connectivity index (χ0) is 13.3. The Labute approximate surface area is 111 Å². The predicted molar refractivity (Wildman–Crippen MR) is 66.3 cm³/mol. The van der Waals surface area contributed by atoms with Gasteiger partial charge in [0.15, 0.2) is 0 Å². The van der Waals surface area contributed by atoms with Gasteiger partial charge in [0.05, 0.1) is 12.8 Å². The monoisotopic (exact) mass is 312 g/mol. The number of imide groups is 2. The molecule has 94 valence electrons. The molecule has 0 saturated carbocycles. The molecule has 1 fully saturated rings. The fraction of sp³-hybridized carbons (Fsp3) is 0.182. The minimum Gasteiger partial charge on any atom is -0.495 e. The Hall–Kier alpha value is -1.89. The van der Waals surface area contributed by atoms with Gasteiger partial charge < -0.3 is 4.74 Å². The van der Waals surface area contributed by atoms with Crippen LogP contribution in [0.15, 0.2) is 22.7 Å². The summed E-state index contributed by atoms with van der Waals surface area (Å²) in [7, 11) is 1.43. The molecule has 0 radical (unpaired) electrons. The summed E-state index contributed by atoms with van der Waals surface area (Å²) in [6, 6.07) is 4.15. The van der Waals surface area contributed by atoms with Gasteiger partial charge in [0, 0.05) is 4.47 Å². The maximum absolute atomic E-state index is 11.8. The van der Waals surface area contributed by atoms with E-state index in [2.05, 4.69) is 21.2 Å². The lowest BCUT2D eigenvalue weighted by molar-refractivity contribution is -0.128. The first-order valence-corrected chi connectivity index (χ1v) is 5.82. The highest BCUT2D eigenvalue weighted by molar-refractivity contribution is 9.10. The topological polar surface area (TPSA) is 75.7 Å². The van der Waals surface area contributed by atoms with Gasteiger partial charge in [-0.05, 0) is 18.2 Å². The number of anilines is 1. The van der Waals surface area contributed by atoms with Crippen molar-refractivity contribution in [2.75, 3.05) is 12.0 Å². The lowest BCUT2D eigenvalue weighted by atomic mass is 10.2. The van der Waals surface area contributed by atoms with Gasteiger partial charge in [-0.2, -0.15) is 0 Å². The number of hydrogen-bond acceptors (Lipinski definition) is 4. The van der Waals surface area contributed by atoms with Crippen molar-refractivity contribution in [3.63, 3.8) is 0 Å². The third-order valence-corrected chi connectivity index (χ3v) is 2.89. The van der Waals surface area contributed by atoms with Gasteiger partial charge in [-0.25, -0.2) is 9.69 Å². The van der Waals surface area contributed by atoms with Crippen LogP contribution in [-0.2, 0) is 9.59 Å². The molecule has 1 saturated heterocycles. The van der Waals surface area contributed by atoms with Gasteiger partial charge in [-0.15, -0.1) is 0 Å². The first-order chi connectivity index (χ1) is 8.52. The maximum Gasteiger partial charge on any atom is 0.335 e. The fourth-order valence-electron chi connectivity index (χ4n) is 1.63. The average Bonchev–Trinajstić information content (AvgIpc) is 2.28. The summed E-state index contributed by atoms with van der Waals surface area (Å²) < 4.78 is 5.79. The second kappa shape index (κ2) is 4.77. The molecular formula is C11H9BrN2O4. The van der Waals surface area contributed by atoms with E-state index < -0.39 is 17.8 Å². The van der Waals surface area contributed by atoms with Crippen LogP contribution in [0.5, 0.6) is 5.75 Å². The van der Waals surface area contributed by atoms with Crippen LogP contribution in [0.3, 0.4) is 0 Å². The largest absolute Gasteiger partial charge is 0.495 e. The van der Waals surface area contributed by atoms with Crippen molar-refractivity contribution in [1.29, 1.82) is 0 Å². The van der Waals surface area contributed by atoms with E-state index in [0.717, 1.165) is 4.90 Å². The molecule has 0 aromatic heterocycles. The third-order valence-electron chi connectivity index (χ3n) is 2.39. The Morgan fingerprint density at radius 1 is 1.33 bits per heavy atom. The number of carbonyl (C=O) groups excluding carboxylic acids is 3. The second-order valence-corrected chi connectivity index (χ2v) is 4.49. The van der Waals surface area contributed by atoms with E-state index >= 15 is 0 Å². The molecule has 1 aromatic carbocycles. The van der Waals surface area contributed by atoms with Crippen molar-refractivity contribution in [3.05, 3.63) is 22.7 Å². The molecule has 6 nitrogen and oxygen atoms in total. The van der Waals surface area contributed by atoms with Crippen molar-refractivity contribution < 1.29 is 19.1 Å². The Bertz CT molecular complexity index is 524. The summed E-state index contributed by atoms with van der Waals surface area (Å²) in [6.07, 6.45) is -0.360. The Kier molecular flexibility index (Phi) is 3.33. The summed E-state index contributed by atoms with van der Waals surface area (Å²) in [5.41, 5.74) is 0.293. The molecule has 18 heavy (non-hydrogen) atoms. The molecule has 1 aliphatic rings. The van der Waals surface area contributed by atoms with Crippen LogP contribution < -0.4 is 15.0 Å². The highest BCUT2D eigenvalue weighted by Crippen LogP contribution is 2.32. The Morgan fingerprint density at radius 3 is 2.67 bits per heavy atom. The molecule has 0 aliphatic carbocycles. The van der Waals surface area contributed by atoms with E-state index in [0.29, 0.717) is 15.9 Å². The molecule has 1 aliphatic heterocycles. The molecule has 1 N–H and O–H groups in total. The molecule has 0 atom stereocenters. The number of carbonyl (C=O) groups is 3. The fourth-order valence-corrected chi connectivity index (χ4v) is 1.98. The van der Waals surface area contributed by atoms with Crippen LogP contribution in [0, 0.1) is 0 Å². The molecule has 2 rings (SSSR count). The standard InChI is InChI=1S/C11H9BrN2O4/c1-18-8-3-2-6(12)4-7(8)14-10(16)5-9(15)13-11(14)17/h2-4H,5H2,1H3,(H,13,15,17). The number of barbiturate groups is 1. The highest BCUT2D eigenvalue weighted by atomic mass is 79.9. The van der Waals surface area contributed by atoms with Gasteiger partial charge in [-0.3, -0.25) is 14.9 Å². The zero-order valence-electron chi connectivity index (χ0n) is 9.40. The quantitative estimate of drug-likeness (QED) is 0.838. The first-order valence-electron chi connectivity index (χ1n) is 5.03. The Balaban J connectivity index is 2.47. The van der Waals surface area contributed by atoms with Gasteiger partial charge in [-0.1, -0.05) is 15.9 Å². The number of hydrogen-bond donors (Lipinski definition) is 1. The van der Waals surface area contributed by atoms with Crippen LogP contribution in [0.4, 0.5) is 10.5 Å². The SMILES string of the molecule is COc1ccc(Br)cc1N1C(=O)CC(=O)NC1=O. The minimum absolute atomic E-state index is 0.293. The molecule has 1 aromatic rings. The van der Waals surface area contributed by atoms with Gasteiger partial charge in [0.2, 0.25) is 11.8 Å². The predicted octanol–water partition coefficient (Wildman–Crippen LogP) is 1.43. The van der Waals surface area contributed by atoms with Crippen molar-refractivity contribution in [1.82, 2.24) is 5.32 Å². The smallest absolute Gasteiger partial charge is 0.335 e. The number of nitrogens with one attached hydrogen (secondary N) is 1. The van der Waals surface area contributed by atoms with E-state index in [-0.39, 0.29) is 6.42 Å². The normalized spacial score (nSPS) is 15.7. The van der Waals surface area contributed by atoms with Crippen molar-refractivity contribution in [3.8, 4) is 5.75 Å². The first kappa shape index (κ1) is 12.6. The third kappa shape index (κ3) is 2.21. The summed E-state index contributed by atoms with van der Waals surface area (Å²) >= 11 is 3.25. The average molecular weight is 313 g/mol. The van der Waals surface area contributed by atoms with Crippen LogP contribution in [0.25, 0.3) is 0 Å². The molecule has 0 spiro atoms. The number of amides is 4. The van der Waals surface area contributed by atoms with Crippen LogP contribution in [0.1, 0.15) is 6.42 Å². The van der Waals surface area contributed by atoms with E-state index in [1.165, 1.54) is 7.11 Å². The number of nitrogens with zero attached hydrogens (tertiary/aromatic N) is 1. The number of halogens is 1. The number of ether oxygens (including phenoxy) is 1. The van der Waals surface area contributed by atoms with E-state index in [1.807, 2.05) is 0 Å². The molecular weight excluding hydrogens is 304 g/mol. The van der Waals surface area contributed by atoms with Gasteiger partial charge >= 0.3 is 6.03 Å². The number of methoxy groups -OCH3 is 1. The summed E-state index contributed by atoms with van der Waals surface area (Å²) in [5, 5.41) is 2.09. The van der Waals surface area contributed by atoms with Crippen LogP contribution in [-0.4, -0.2) is 25.0 Å². The molecule has 7 heteroatoms. The van der Waals surface area contributed by atoms with Crippen LogP contribution in [0.2, 0.25) is 0 Å². The van der Waals surface area contributed by atoms with Crippen LogP contribution >= 0.6 is 15.9 Å². The second-order valence-electron chi connectivity index (χ2n) is 3.58. The summed E-state index contributed by atoms with van der Waals surface area (Å²) in [6.45, 7) is 0. The molecule has 4 amide bonds. The van der Waals surface area contributed by atoms with Crippen molar-refractivity contribution in [2.45, 2.75) is 6.42 Å².